The molecule has 0 fully saturated rings. The van der Waals surface area contributed by atoms with Gasteiger partial charge >= 0.3 is 0 Å². The lowest BCUT2D eigenvalue weighted by atomic mass is 9.75. The Hall–Kier alpha value is -3.54. The molecule has 0 unspecified atom stereocenters. The van der Waals surface area contributed by atoms with E-state index < -0.39 is 11.5 Å². The standard InChI is InChI=1S/C26H27N3O3/c1-3-4-15-26(25(31)28-24(32-26)20-13-9-6-10-14-20)21(19-11-7-5-8-12-19)18-22(30)23-27-16-17-29(23)2/h5-14,16-17,21H,3-4,15,18H2,1-2H3/t21-,26+/m1/s1. The van der Waals surface area contributed by atoms with Crippen LogP contribution in [0.3, 0.4) is 0 Å². The molecular formula is C26H27N3O3. The van der Waals surface area contributed by atoms with E-state index in [0.717, 1.165) is 24.0 Å². The SMILES string of the molecule is CCCC[C@@]1([C@H](CC(=O)c2nccn2C)c2ccccc2)OC(c2ccccc2)=NC1=O. The molecule has 2 heterocycles. The fourth-order valence-electron chi connectivity index (χ4n) is 4.27. The molecule has 1 aliphatic rings. The summed E-state index contributed by atoms with van der Waals surface area (Å²) in [5.74, 6) is -0.265. The number of unbranched alkanes of at least 4 members (excludes halogenated alkanes) is 1. The van der Waals surface area contributed by atoms with Crippen LogP contribution in [0.1, 0.15) is 60.3 Å². The molecule has 6 nitrogen and oxygen atoms in total. The Morgan fingerprint density at radius 2 is 1.78 bits per heavy atom. The molecule has 1 aliphatic heterocycles. The quantitative estimate of drug-likeness (QED) is 0.462. The number of hydrogen-bond donors (Lipinski definition) is 0. The highest BCUT2D eigenvalue weighted by molar-refractivity contribution is 6.10. The number of imidazole rings is 1. The van der Waals surface area contributed by atoms with E-state index in [0.29, 0.717) is 18.1 Å². The van der Waals surface area contributed by atoms with Crippen molar-refractivity contribution in [3.8, 4) is 0 Å². The summed E-state index contributed by atoms with van der Waals surface area (Å²) in [4.78, 5) is 35.3. The van der Waals surface area contributed by atoms with E-state index in [1.54, 1.807) is 24.0 Å². The number of hydrogen-bond acceptors (Lipinski definition) is 4. The second kappa shape index (κ2) is 9.30. The largest absolute Gasteiger partial charge is 0.460 e. The van der Waals surface area contributed by atoms with Crippen molar-refractivity contribution in [1.29, 1.82) is 0 Å². The van der Waals surface area contributed by atoms with Crippen molar-refractivity contribution in [3.63, 3.8) is 0 Å². The lowest BCUT2D eigenvalue weighted by Crippen LogP contribution is -2.45. The van der Waals surface area contributed by atoms with Gasteiger partial charge in [0.25, 0.3) is 5.91 Å². The summed E-state index contributed by atoms with van der Waals surface area (Å²) in [6.07, 6.45) is 5.60. The van der Waals surface area contributed by atoms with E-state index in [2.05, 4.69) is 16.9 Å². The molecule has 4 rings (SSSR count). The van der Waals surface area contributed by atoms with E-state index in [9.17, 15) is 9.59 Å². The predicted molar refractivity (Wildman–Crippen MR) is 123 cm³/mol. The lowest BCUT2D eigenvalue weighted by molar-refractivity contribution is -0.133. The highest BCUT2D eigenvalue weighted by Crippen LogP contribution is 2.43. The van der Waals surface area contributed by atoms with Gasteiger partial charge in [0.05, 0.1) is 0 Å². The average molecular weight is 430 g/mol. The van der Waals surface area contributed by atoms with Crippen molar-refractivity contribution in [2.45, 2.75) is 44.1 Å². The van der Waals surface area contributed by atoms with E-state index >= 15 is 0 Å². The number of aryl methyl sites for hydroxylation is 1. The van der Waals surface area contributed by atoms with Gasteiger partial charge in [-0.05, 0) is 30.5 Å². The van der Waals surface area contributed by atoms with E-state index in [1.165, 1.54) is 0 Å². The van der Waals surface area contributed by atoms with Crippen molar-refractivity contribution in [3.05, 3.63) is 90.0 Å². The minimum Gasteiger partial charge on any atom is -0.460 e. The number of Topliss-reactive ketones (excluding diaryl/α,β-unsaturated/α-hetero) is 1. The molecule has 0 spiro atoms. The highest BCUT2D eigenvalue weighted by atomic mass is 16.5. The molecule has 2 atom stereocenters. The average Bonchev–Trinajstić information content (AvgIpc) is 3.40. The smallest absolute Gasteiger partial charge is 0.293 e. The summed E-state index contributed by atoms with van der Waals surface area (Å²) >= 11 is 0. The number of ether oxygens (including phenoxy) is 1. The molecule has 2 aromatic carbocycles. The minimum absolute atomic E-state index is 0.0991. The van der Waals surface area contributed by atoms with Gasteiger partial charge in [-0.2, -0.15) is 4.99 Å². The van der Waals surface area contributed by atoms with Crippen LogP contribution in [0.25, 0.3) is 0 Å². The Morgan fingerprint density at radius 3 is 2.41 bits per heavy atom. The van der Waals surface area contributed by atoms with Gasteiger partial charge in [0.2, 0.25) is 5.90 Å². The first-order valence-electron chi connectivity index (χ1n) is 11.0. The van der Waals surface area contributed by atoms with Crippen LogP contribution in [-0.2, 0) is 16.6 Å². The summed E-state index contributed by atoms with van der Waals surface area (Å²) in [6.45, 7) is 2.07. The van der Waals surface area contributed by atoms with Crippen LogP contribution in [0.15, 0.2) is 78.0 Å². The second-order valence-corrected chi connectivity index (χ2v) is 8.14. The number of nitrogens with zero attached hydrogens (tertiary/aromatic N) is 3. The van der Waals surface area contributed by atoms with Gasteiger partial charge in [-0.15, -0.1) is 0 Å². The fourth-order valence-corrected chi connectivity index (χ4v) is 4.27. The highest BCUT2D eigenvalue weighted by Gasteiger charge is 2.53. The summed E-state index contributed by atoms with van der Waals surface area (Å²) in [6, 6.07) is 19.1. The first-order chi connectivity index (χ1) is 15.5. The topological polar surface area (TPSA) is 73.6 Å². The molecule has 0 aliphatic carbocycles. The van der Waals surface area contributed by atoms with Crippen LogP contribution in [0.4, 0.5) is 0 Å². The molecule has 0 N–H and O–H groups in total. The molecule has 1 aromatic heterocycles. The van der Waals surface area contributed by atoms with Crippen molar-refractivity contribution in [1.82, 2.24) is 9.55 Å². The van der Waals surface area contributed by atoms with Crippen LogP contribution in [0.2, 0.25) is 0 Å². The number of benzene rings is 2. The van der Waals surface area contributed by atoms with E-state index in [4.69, 9.17) is 4.74 Å². The van der Waals surface area contributed by atoms with Crippen molar-refractivity contribution < 1.29 is 14.3 Å². The maximum Gasteiger partial charge on any atom is 0.293 e. The number of carbonyl (C=O) groups excluding carboxylic acids is 2. The van der Waals surface area contributed by atoms with Gasteiger partial charge in [0, 0.05) is 37.3 Å². The molecule has 0 saturated carbocycles. The van der Waals surface area contributed by atoms with Crippen LogP contribution in [0, 0.1) is 0 Å². The third kappa shape index (κ3) is 4.13. The van der Waals surface area contributed by atoms with Gasteiger partial charge in [-0.1, -0.05) is 61.9 Å². The van der Waals surface area contributed by atoms with Crippen molar-refractivity contribution in [2.75, 3.05) is 0 Å². The van der Waals surface area contributed by atoms with Crippen LogP contribution in [0.5, 0.6) is 0 Å². The normalized spacial score (nSPS) is 18.8. The Morgan fingerprint density at radius 1 is 1.09 bits per heavy atom. The fraction of sp³-hybridized carbons (Fsp3) is 0.308. The number of aliphatic imine (C=N–C) groups is 1. The Kier molecular flexibility index (Phi) is 6.30. The predicted octanol–water partition coefficient (Wildman–Crippen LogP) is 4.71. The van der Waals surface area contributed by atoms with Gasteiger partial charge in [-0.3, -0.25) is 9.59 Å². The number of aromatic nitrogens is 2. The van der Waals surface area contributed by atoms with Crippen LogP contribution in [-0.4, -0.2) is 32.7 Å². The second-order valence-electron chi connectivity index (χ2n) is 8.14. The first-order valence-corrected chi connectivity index (χ1v) is 11.0. The molecule has 1 amide bonds. The molecular weight excluding hydrogens is 402 g/mol. The summed E-state index contributed by atoms with van der Waals surface area (Å²) in [5, 5.41) is 0. The number of rotatable bonds is 9. The third-order valence-electron chi connectivity index (χ3n) is 5.99. The molecule has 32 heavy (non-hydrogen) atoms. The summed E-state index contributed by atoms with van der Waals surface area (Å²) in [5.41, 5.74) is 0.397. The van der Waals surface area contributed by atoms with Crippen molar-refractivity contribution >= 4 is 17.6 Å². The summed E-state index contributed by atoms with van der Waals surface area (Å²) in [7, 11) is 1.79. The van der Waals surface area contributed by atoms with Crippen LogP contribution >= 0.6 is 0 Å². The number of carbonyl (C=O) groups is 2. The Labute approximate surface area is 188 Å². The van der Waals surface area contributed by atoms with E-state index in [1.807, 2.05) is 60.7 Å². The molecule has 6 heteroatoms. The zero-order valence-corrected chi connectivity index (χ0v) is 18.4. The molecule has 0 saturated heterocycles. The molecule has 0 bridgehead atoms. The Bertz CT molecular complexity index is 1120. The van der Waals surface area contributed by atoms with Gasteiger partial charge < -0.3 is 9.30 Å². The molecule has 0 radical (unpaired) electrons. The van der Waals surface area contributed by atoms with Crippen LogP contribution < -0.4 is 0 Å². The first kappa shape index (κ1) is 21.7. The zero-order chi connectivity index (χ0) is 22.6. The number of amides is 1. The van der Waals surface area contributed by atoms with Gasteiger partial charge in [-0.25, -0.2) is 4.98 Å². The van der Waals surface area contributed by atoms with Gasteiger partial charge in [0.1, 0.15) is 0 Å². The Balaban J connectivity index is 1.76. The molecule has 164 valence electrons. The summed E-state index contributed by atoms with van der Waals surface area (Å²) < 4.78 is 8.14. The lowest BCUT2D eigenvalue weighted by Gasteiger charge is -2.35. The van der Waals surface area contributed by atoms with Gasteiger partial charge in [0.15, 0.2) is 17.2 Å². The van der Waals surface area contributed by atoms with E-state index in [-0.39, 0.29) is 18.1 Å². The zero-order valence-electron chi connectivity index (χ0n) is 18.4. The molecule has 3 aromatic rings. The monoisotopic (exact) mass is 429 g/mol. The third-order valence-corrected chi connectivity index (χ3v) is 5.99. The van der Waals surface area contributed by atoms with Crippen molar-refractivity contribution in [2.24, 2.45) is 12.0 Å². The maximum atomic E-state index is 13.5. The minimum atomic E-state index is -1.23. The maximum absolute atomic E-state index is 13.5. The number of ketones is 1.